The van der Waals surface area contributed by atoms with Gasteiger partial charge in [-0.1, -0.05) is 5.16 Å². The van der Waals surface area contributed by atoms with Gasteiger partial charge in [0.2, 0.25) is 5.91 Å². The first-order valence-electron chi connectivity index (χ1n) is 8.00. The van der Waals surface area contributed by atoms with Gasteiger partial charge in [0.15, 0.2) is 0 Å². The quantitative estimate of drug-likeness (QED) is 0.863. The van der Waals surface area contributed by atoms with Gasteiger partial charge in [-0.15, -0.1) is 11.3 Å². The molecule has 1 amide bonds. The molecule has 0 saturated carbocycles. The van der Waals surface area contributed by atoms with E-state index in [4.69, 9.17) is 4.52 Å². The Kier molecular flexibility index (Phi) is 4.82. The van der Waals surface area contributed by atoms with Crippen LogP contribution in [0.1, 0.15) is 26.8 Å². The number of amides is 1. The highest BCUT2D eigenvalue weighted by atomic mass is 32.1. The van der Waals surface area contributed by atoms with Gasteiger partial charge in [-0.2, -0.15) is 0 Å². The molecule has 0 aromatic carbocycles. The highest BCUT2D eigenvalue weighted by Crippen LogP contribution is 2.18. The first-order chi connectivity index (χ1) is 11.0. The Morgan fingerprint density at radius 1 is 1.22 bits per heavy atom. The van der Waals surface area contributed by atoms with E-state index in [9.17, 15) is 4.79 Å². The SMILES string of the molecule is Cc1ccc(CC(=O)N2CCN(Cc3c(C)noc3C)CC2)s1. The summed E-state index contributed by atoms with van der Waals surface area (Å²) >= 11 is 1.71. The Hall–Kier alpha value is -1.66. The first kappa shape index (κ1) is 16.2. The van der Waals surface area contributed by atoms with Crippen molar-refractivity contribution in [3.63, 3.8) is 0 Å². The van der Waals surface area contributed by atoms with E-state index in [1.165, 1.54) is 10.4 Å². The number of piperazine rings is 1. The molecule has 5 nitrogen and oxygen atoms in total. The van der Waals surface area contributed by atoms with Crippen molar-refractivity contribution in [3.05, 3.63) is 38.9 Å². The maximum atomic E-state index is 12.4. The third-order valence-electron chi connectivity index (χ3n) is 4.41. The van der Waals surface area contributed by atoms with Gasteiger partial charge in [-0.3, -0.25) is 9.69 Å². The standard InChI is InChI=1S/C17H23N3O2S/c1-12-4-5-15(23-12)10-17(21)20-8-6-19(7-9-20)11-16-13(2)18-22-14(16)3/h4-5H,6-11H2,1-3H3. The molecule has 0 aliphatic carbocycles. The average Bonchev–Trinajstić information content (AvgIpc) is 3.08. The molecule has 2 aromatic rings. The van der Waals surface area contributed by atoms with Crippen molar-refractivity contribution < 1.29 is 9.32 Å². The van der Waals surface area contributed by atoms with E-state index in [-0.39, 0.29) is 5.91 Å². The smallest absolute Gasteiger partial charge is 0.227 e. The van der Waals surface area contributed by atoms with Gasteiger partial charge < -0.3 is 9.42 Å². The number of aromatic nitrogens is 1. The second kappa shape index (κ2) is 6.84. The molecule has 0 N–H and O–H groups in total. The summed E-state index contributed by atoms with van der Waals surface area (Å²) in [6.45, 7) is 10.3. The van der Waals surface area contributed by atoms with Gasteiger partial charge >= 0.3 is 0 Å². The van der Waals surface area contributed by atoms with Crippen LogP contribution in [0.25, 0.3) is 0 Å². The van der Waals surface area contributed by atoms with Crippen LogP contribution in [0.3, 0.4) is 0 Å². The van der Waals surface area contributed by atoms with Crippen LogP contribution in [-0.2, 0) is 17.8 Å². The lowest BCUT2D eigenvalue weighted by atomic mass is 10.1. The van der Waals surface area contributed by atoms with Crippen molar-refractivity contribution in [3.8, 4) is 0 Å². The predicted octanol–water partition coefficient (Wildman–Crippen LogP) is 2.55. The average molecular weight is 333 g/mol. The fourth-order valence-corrected chi connectivity index (χ4v) is 3.83. The van der Waals surface area contributed by atoms with Crippen molar-refractivity contribution >= 4 is 17.2 Å². The van der Waals surface area contributed by atoms with Crippen molar-refractivity contribution in [2.45, 2.75) is 33.7 Å². The summed E-state index contributed by atoms with van der Waals surface area (Å²) in [6, 6.07) is 4.14. The normalized spacial score (nSPS) is 16.0. The topological polar surface area (TPSA) is 49.6 Å². The minimum atomic E-state index is 0.240. The summed E-state index contributed by atoms with van der Waals surface area (Å²) in [5, 5.41) is 4.01. The molecule has 3 heterocycles. The van der Waals surface area contributed by atoms with E-state index in [0.29, 0.717) is 6.42 Å². The highest BCUT2D eigenvalue weighted by Gasteiger charge is 2.23. The summed E-state index contributed by atoms with van der Waals surface area (Å²) < 4.78 is 5.22. The van der Waals surface area contributed by atoms with E-state index < -0.39 is 0 Å². The predicted molar refractivity (Wildman–Crippen MR) is 90.6 cm³/mol. The summed E-state index contributed by atoms with van der Waals surface area (Å²) in [5.41, 5.74) is 2.15. The Morgan fingerprint density at radius 3 is 2.52 bits per heavy atom. The summed E-state index contributed by atoms with van der Waals surface area (Å²) in [4.78, 5) is 19.2. The molecule has 124 valence electrons. The number of thiophene rings is 1. The largest absolute Gasteiger partial charge is 0.361 e. The zero-order valence-electron chi connectivity index (χ0n) is 14.0. The lowest BCUT2D eigenvalue weighted by molar-refractivity contribution is -0.132. The minimum Gasteiger partial charge on any atom is -0.361 e. The summed E-state index contributed by atoms with van der Waals surface area (Å²) in [7, 11) is 0. The van der Waals surface area contributed by atoms with Crippen LogP contribution in [0.15, 0.2) is 16.7 Å². The molecule has 1 aliphatic rings. The minimum absolute atomic E-state index is 0.240. The monoisotopic (exact) mass is 333 g/mol. The third-order valence-corrected chi connectivity index (χ3v) is 5.41. The molecule has 0 unspecified atom stereocenters. The first-order valence-corrected chi connectivity index (χ1v) is 8.82. The van der Waals surface area contributed by atoms with Gasteiger partial charge in [0.25, 0.3) is 0 Å². The maximum absolute atomic E-state index is 12.4. The third kappa shape index (κ3) is 3.82. The Balaban J connectivity index is 1.51. The maximum Gasteiger partial charge on any atom is 0.227 e. The number of carbonyl (C=O) groups excluding carboxylic acids is 1. The zero-order chi connectivity index (χ0) is 16.4. The van der Waals surface area contributed by atoms with Crippen LogP contribution in [0.4, 0.5) is 0 Å². The van der Waals surface area contributed by atoms with Crippen molar-refractivity contribution in [2.75, 3.05) is 26.2 Å². The fourth-order valence-electron chi connectivity index (χ4n) is 2.95. The van der Waals surface area contributed by atoms with E-state index in [1.807, 2.05) is 18.7 Å². The van der Waals surface area contributed by atoms with Crippen LogP contribution in [-0.4, -0.2) is 47.0 Å². The van der Waals surface area contributed by atoms with Crippen LogP contribution >= 0.6 is 11.3 Å². The molecule has 2 aromatic heterocycles. The number of carbonyl (C=O) groups is 1. The van der Waals surface area contributed by atoms with Crippen molar-refractivity contribution in [2.24, 2.45) is 0 Å². The molecular formula is C17H23N3O2S. The van der Waals surface area contributed by atoms with Crippen molar-refractivity contribution in [1.29, 1.82) is 0 Å². The number of hydrogen-bond donors (Lipinski definition) is 0. The molecule has 1 fully saturated rings. The number of hydrogen-bond acceptors (Lipinski definition) is 5. The number of rotatable bonds is 4. The Morgan fingerprint density at radius 2 is 1.96 bits per heavy atom. The van der Waals surface area contributed by atoms with E-state index in [2.05, 4.69) is 29.1 Å². The second-order valence-corrected chi connectivity index (χ2v) is 7.52. The van der Waals surface area contributed by atoms with Gasteiger partial charge in [-0.25, -0.2) is 0 Å². The van der Waals surface area contributed by atoms with Crippen LogP contribution in [0.5, 0.6) is 0 Å². The molecule has 6 heteroatoms. The Labute approximate surface area is 140 Å². The van der Waals surface area contributed by atoms with Crippen LogP contribution in [0, 0.1) is 20.8 Å². The molecular weight excluding hydrogens is 310 g/mol. The highest BCUT2D eigenvalue weighted by molar-refractivity contribution is 7.12. The van der Waals surface area contributed by atoms with Crippen LogP contribution in [0.2, 0.25) is 0 Å². The summed E-state index contributed by atoms with van der Waals surface area (Å²) in [5.74, 6) is 1.14. The Bertz CT molecular complexity index is 664. The molecule has 1 aliphatic heterocycles. The molecule has 23 heavy (non-hydrogen) atoms. The van der Waals surface area contributed by atoms with Crippen LogP contribution < -0.4 is 0 Å². The van der Waals surface area contributed by atoms with Gasteiger partial charge in [0.1, 0.15) is 5.76 Å². The molecule has 0 spiro atoms. The lowest BCUT2D eigenvalue weighted by Gasteiger charge is -2.34. The molecule has 1 saturated heterocycles. The molecule has 3 rings (SSSR count). The van der Waals surface area contributed by atoms with E-state index in [1.54, 1.807) is 11.3 Å². The van der Waals surface area contributed by atoms with Crippen molar-refractivity contribution in [1.82, 2.24) is 15.0 Å². The molecule has 0 radical (unpaired) electrons. The van der Waals surface area contributed by atoms with E-state index >= 15 is 0 Å². The summed E-state index contributed by atoms with van der Waals surface area (Å²) in [6.07, 6.45) is 0.530. The number of nitrogens with zero attached hydrogens (tertiary/aromatic N) is 3. The zero-order valence-corrected chi connectivity index (χ0v) is 14.8. The number of aryl methyl sites for hydroxylation is 3. The van der Waals surface area contributed by atoms with Gasteiger partial charge in [0.05, 0.1) is 12.1 Å². The molecule has 0 atom stereocenters. The second-order valence-electron chi connectivity index (χ2n) is 6.15. The lowest BCUT2D eigenvalue weighted by Crippen LogP contribution is -2.48. The van der Waals surface area contributed by atoms with Gasteiger partial charge in [0, 0.05) is 48.0 Å². The van der Waals surface area contributed by atoms with Gasteiger partial charge in [-0.05, 0) is 32.9 Å². The molecule has 0 bridgehead atoms. The fraction of sp³-hybridized carbons (Fsp3) is 0.529. The van der Waals surface area contributed by atoms with E-state index in [0.717, 1.165) is 49.1 Å².